The van der Waals surface area contributed by atoms with Crippen LogP contribution in [0.4, 0.5) is 0 Å². The lowest BCUT2D eigenvalue weighted by Gasteiger charge is -2.21. The van der Waals surface area contributed by atoms with E-state index in [0.717, 1.165) is 43.4 Å². The number of rotatable bonds is 5. The van der Waals surface area contributed by atoms with Crippen LogP contribution in [-0.4, -0.2) is 65.2 Å². The van der Waals surface area contributed by atoms with Crippen LogP contribution in [0.5, 0.6) is 0 Å². The SMILES string of the molecule is CN=C(NCCCc1nnc2ccccn12)N1CC(C)C(C(=O)OC)C1. The maximum Gasteiger partial charge on any atom is 0.310 e. The highest BCUT2D eigenvalue weighted by molar-refractivity contribution is 5.82. The van der Waals surface area contributed by atoms with Gasteiger partial charge in [-0.2, -0.15) is 0 Å². The molecule has 2 aromatic heterocycles. The summed E-state index contributed by atoms with van der Waals surface area (Å²) in [6.07, 6.45) is 3.73. The highest BCUT2D eigenvalue weighted by atomic mass is 16.5. The molecule has 0 radical (unpaired) electrons. The van der Waals surface area contributed by atoms with Gasteiger partial charge in [0, 0.05) is 39.3 Å². The molecule has 2 unspecified atom stereocenters. The minimum absolute atomic E-state index is 0.0964. The molecule has 1 aliphatic heterocycles. The average Bonchev–Trinajstić information content (AvgIpc) is 3.25. The van der Waals surface area contributed by atoms with Gasteiger partial charge < -0.3 is 15.0 Å². The first-order valence-electron chi connectivity index (χ1n) is 8.96. The number of nitrogens with zero attached hydrogens (tertiary/aromatic N) is 5. The van der Waals surface area contributed by atoms with E-state index in [2.05, 4.69) is 32.3 Å². The van der Waals surface area contributed by atoms with E-state index in [1.54, 1.807) is 7.05 Å². The monoisotopic (exact) mass is 358 g/mol. The van der Waals surface area contributed by atoms with Crippen molar-refractivity contribution in [1.82, 2.24) is 24.8 Å². The summed E-state index contributed by atoms with van der Waals surface area (Å²) in [4.78, 5) is 18.3. The first-order valence-corrected chi connectivity index (χ1v) is 8.96. The molecule has 26 heavy (non-hydrogen) atoms. The number of hydrogen-bond donors (Lipinski definition) is 1. The molecule has 0 spiro atoms. The molecule has 3 rings (SSSR count). The summed E-state index contributed by atoms with van der Waals surface area (Å²) in [7, 11) is 3.21. The molecule has 2 aromatic rings. The third-order valence-corrected chi connectivity index (χ3v) is 4.87. The molecule has 140 valence electrons. The number of carbonyl (C=O) groups excluding carboxylic acids is 1. The second kappa shape index (κ2) is 8.16. The van der Waals surface area contributed by atoms with Crippen molar-refractivity contribution >= 4 is 17.6 Å². The fraction of sp³-hybridized carbons (Fsp3) is 0.556. The molecule has 0 bridgehead atoms. The van der Waals surface area contributed by atoms with Crippen LogP contribution in [0.1, 0.15) is 19.2 Å². The zero-order chi connectivity index (χ0) is 18.5. The highest BCUT2D eigenvalue weighted by Crippen LogP contribution is 2.24. The van der Waals surface area contributed by atoms with Crippen LogP contribution in [-0.2, 0) is 16.0 Å². The van der Waals surface area contributed by atoms with E-state index in [0.29, 0.717) is 6.54 Å². The number of pyridine rings is 1. The lowest BCUT2D eigenvalue weighted by molar-refractivity contribution is -0.145. The molecule has 1 fully saturated rings. The van der Waals surface area contributed by atoms with Gasteiger partial charge in [0.25, 0.3) is 0 Å². The molecule has 2 atom stereocenters. The predicted octanol–water partition coefficient (Wildman–Crippen LogP) is 0.978. The largest absolute Gasteiger partial charge is 0.469 e. The van der Waals surface area contributed by atoms with E-state index in [-0.39, 0.29) is 17.8 Å². The van der Waals surface area contributed by atoms with Gasteiger partial charge in [-0.3, -0.25) is 14.2 Å². The Balaban J connectivity index is 1.50. The number of likely N-dealkylation sites (tertiary alicyclic amines) is 1. The van der Waals surface area contributed by atoms with Crippen molar-refractivity contribution in [3.05, 3.63) is 30.2 Å². The number of carbonyl (C=O) groups is 1. The van der Waals surface area contributed by atoms with Crippen molar-refractivity contribution in [1.29, 1.82) is 0 Å². The van der Waals surface area contributed by atoms with E-state index in [1.165, 1.54) is 7.11 Å². The number of aryl methyl sites for hydroxylation is 1. The van der Waals surface area contributed by atoms with Gasteiger partial charge in [-0.15, -0.1) is 10.2 Å². The van der Waals surface area contributed by atoms with Crippen LogP contribution in [0, 0.1) is 11.8 Å². The Morgan fingerprint density at radius 1 is 1.38 bits per heavy atom. The number of ether oxygens (including phenoxy) is 1. The van der Waals surface area contributed by atoms with Gasteiger partial charge in [-0.25, -0.2) is 0 Å². The molecular weight excluding hydrogens is 332 g/mol. The number of aliphatic imine (C=N–C) groups is 1. The number of aromatic nitrogens is 3. The van der Waals surface area contributed by atoms with Gasteiger partial charge in [0.2, 0.25) is 0 Å². The van der Waals surface area contributed by atoms with Gasteiger partial charge in [-0.1, -0.05) is 13.0 Å². The van der Waals surface area contributed by atoms with Gasteiger partial charge in [-0.05, 0) is 24.5 Å². The molecule has 1 N–H and O–H groups in total. The molecule has 8 nitrogen and oxygen atoms in total. The van der Waals surface area contributed by atoms with Gasteiger partial charge >= 0.3 is 5.97 Å². The van der Waals surface area contributed by atoms with Crippen molar-refractivity contribution < 1.29 is 9.53 Å². The Hall–Kier alpha value is -2.64. The molecule has 0 aliphatic carbocycles. The normalized spacial score (nSPS) is 20.6. The van der Waals surface area contributed by atoms with Crippen LogP contribution in [0.25, 0.3) is 5.65 Å². The second-order valence-corrected chi connectivity index (χ2v) is 6.63. The topological polar surface area (TPSA) is 84.1 Å². The minimum atomic E-state index is -0.144. The minimum Gasteiger partial charge on any atom is -0.469 e. The standard InChI is InChI=1S/C18H26N6O2/c1-13-11-23(12-14(13)17(25)26-3)18(19-2)20-9-6-8-16-22-21-15-7-4-5-10-24(15)16/h4-5,7,10,13-14H,6,8-9,11-12H2,1-3H3,(H,19,20). The molecule has 3 heterocycles. The molecule has 0 saturated carbocycles. The summed E-state index contributed by atoms with van der Waals surface area (Å²) in [5, 5.41) is 11.8. The predicted molar refractivity (Wildman–Crippen MR) is 98.9 cm³/mol. The van der Waals surface area contributed by atoms with Crippen LogP contribution in [0.15, 0.2) is 29.4 Å². The van der Waals surface area contributed by atoms with Gasteiger partial charge in [0.05, 0.1) is 13.0 Å². The number of guanidine groups is 1. The summed E-state index contributed by atoms with van der Waals surface area (Å²) in [6, 6.07) is 5.88. The Bertz CT molecular complexity index is 787. The molecule has 0 aromatic carbocycles. The smallest absolute Gasteiger partial charge is 0.310 e. The van der Waals surface area contributed by atoms with E-state index in [1.807, 2.05) is 28.8 Å². The Kier molecular flexibility index (Phi) is 5.70. The lowest BCUT2D eigenvalue weighted by atomic mass is 9.99. The molecule has 0 amide bonds. The van der Waals surface area contributed by atoms with Crippen LogP contribution in [0.2, 0.25) is 0 Å². The van der Waals surface area contributed by atoms with Gasteiger partial charge in [0.1, 0.15) is 5.82 Å². The average molecular weight is 358 g/mol. The van der Waals surface area contributed by atoms with Crippen molar-refractivity contribution in [3.8, 4) is 0 Å². The number of methoxy groups -OCH3 is 1. The van der Waals surface area contributed by atoms with Crippen LogP contribution < -0.4 is 5.32 Å². The fourth-order valence-electron chi connectivity index (χ4n) is 3.44. The maximum absolute atomic E-state index is 11.9. The van der Waals surface area contributed by atoms with E-state index >= 15 is 0 Å². The second-order valence-electron chi connectivity index (χ2n) is 6.63. The third-order valence-electron chi connectivity index (χ3n) is 4.87. The van der Waals surface area contributed by atoms with Crippen molar-refractivity contribution in [2.75, 3.05) is 33.8 Å². The van der Waals surface area contributed by atoms with Crippen molar-refractivity contribution in [3.63, 3.8) is 0 Å². The van der Waals surface area contributed by atoms with Crippen LogP contribution >= 0.6 is 0 Å². The zero-order valence-corrected chi connectivity index (χ0v) is 15.6. The summed E-state index contributed by atoms with van der Waals surface area (Å²) in [6.45, 7) is 4.30. The van der Waals surface area contributed by atoms with Crippen molar-refractivity contribution in [2.24, 2.45) is 16.8 Å². The first kappa shape index (κ1) is 18.2. The summed E-state index contributed by atoms with van der Waals surface area (Å²) < 4.78 is 6.91. The number of hydrogen-bond acceptors (Lipinski definition) is 5. The highest BCUT2D eigenvalue weighted by Gasteiger charge is 2.36. The summed E-state index contributed by atoms with van der Waals surface area (Å²) >= 11 is 0. The summed E-state index contributed by atoms with van der Waals surface area (Å²) in [5.74, 6) is 1.80. The van der Waals surface area contributed by atoms with E-state index in [9.17, 15) is 4.79 Å². The summed E-state index contributed by atoms with van der Waals surface area (Å²) in [5.41, 5.74) is 0.867. The first-order chi connectivity index (χ1) is 12.6. The molecule has 1 aliphatic rings. The molecular formula is C18H26N6O2. The quantitative estimate of drug-likeness (QED) is 0.371. The van der Waals surface area contributed by atoms with Crippen molar-refractivity contribution in [2.45, 2.75) is 19.8 Å². The molecule has 8 heteroatoms. The maximum atomic E-state index is 11.9. The van der Waals surface area contributed by atoms with E-state index in [4.69, 9.17) is 4.74 Å². The number of esters is 1. The van der Waals surface area contributed by atoms with E-state index < -0.39 is 0 Å². The Labute approximate surface area is 153 Å². The number of fused-ring (bicyclic) bond motifs is 1. The van der Waals surface area contributed by atoms with Gasteiger partial charge in [0.15, 0.2) is 11.6 Å². The molecule has 1 saturated heterocycles. The lowest BCUT2D eigenvalue weighted by Crippen LogP contribution is -2.41. The fourth-order valence-corrected chi connectivity index (χ4v) is 3.44. The zero-order valence-electron chi connectivity index (χ0n) is 15.6. The Morgan fingerprint density at radius 2 is 2.23 bits per heavy atom. The Morgan fingerprint density at radius 3 is 3.00 bits per heavy atom. The number of nitrogens with one attached hydrogen (secondary N) is 1. The third kappa shape index (κ3) is 3.79. The van der Waals surface area contributed by atoms with Crippen LogP contribution in [0.3, 0.4) is 0 Å².